The van der Waals surface area contributed by atoms with Gasteiger partial charge in [0.2, 0.25) is 5.91 Å². The van der Waals surface area contributed by atoms with Gasteiger partial charge in [-0.05, 0) is 80.2 Å². The van der Waals surface area contributed by atoms with Gasteiger partial charge in [-0.25, -0.2) is 4.39 Å². The van der Waals surface area contributed by atoms with Gasteiger partial charge >= 0.3 is 0 Å². The predicted molar refractivity (Wildman–Crippen MR) is 131 cm³/mol. The second kappa shape index (κ2) is 12.6. The molecule has 1 amide bonds. The molecule has 1 aliphatic rings. The Labute approximate surface area is 196 Å². The maximum atomic E-state index is 13.6. The number of benzene rings is 1. The highest BCUT2D eigenvalue weighted by Gasteiger charge is 2.16. The van der Waals surface area contributed by atoms with Gasteiger partial charge in [0, 0.05) is 24.0 Å². The molecule has 0 saturated carbocycles. The quantitative estimate of drug-likeness (QED) is 0.420. The highest BCUT2D eigenvalue weighted by atomic mass is 35.5. The van der Waals surface area contributed by atoms with Crippen LogP contribution in [0.25, 0.3) is 5.57 Å². The SMILES string of the molecule is CC/C=C(/CCNC(=O)C(C)/C=C(/CC1=CC(F)=CC(N)C1)OC)c1cc(Cl)ccc1C. The van der Waals surface area contributed by atoms with Crippen LogP contribution in [0.15, 0.2) is 59.7 Å². The standard InChI is InChI=1S/C26H34ClFN2O2/c1-5-6-20(25-15-21(27)8-7-17(25)2)9-10-30-26(31)18(3)11-24(32-4)14-19-12-22(28)16-23(29)13-19/h6-8,11-12,15-16,18,23H,5,9-10,13-14,29H2,1-4H3,(H,30,31)/b20-6-,24-11-. The van der Waals surface area contributed by atoms with Crippen LogP contribution in [0.1, 0.15) is 50.7 Å². The summed E-state index contributed by atoms with van der Waals surface area (Å²) >= 11 is 6.19. The van der Waals surface area contributed by atoms with Gasteiger partial charge in [-0.15, -0.1) is 0 Å². The fraction of sp³-hybridized carbons (Fsp3) is 0.423. The molecule has 0 aliphatic heterocycles. The van der Waals surface area contributed by atoms with E-state index in [-0.39, 0.29) is 23.7 Å². The average molecular weight is 461 g/mol. The lowest BCUT2D eigenvalue weighted by molar-refractivity contribution is -0.123. The molecule has 0 radical (unpaired) electrons. The van der Waals surface area contributed by atoms with Crippen LogP contribution in [-0.2, 0) is 9.53 Å². The molecule has 3 N–H and O–H groups in total. The van der Waals surface area contributed by atoms with Gasteiger partial charge in [0.25, 0.3) is 0 Å². The van der Waals surface area contributed by atoms with Crippen molar-refractivity contribution in [2.75, 3.05) is 13.7 Å². The molecule has 2 rings (SSSR count). The number of halogens is 2. The summed E-state index contributed by atoms with van der Waals surface area (Å²) in [6, 6.07) is 5.53. The molecule has 0 saturated heterocycles. The van der Waals surface area contributed by atoms with Gasteiger partial charge < -0.3 is 15.8 Å². The van der Waals surface area contributed by atoms with Crippen molar-refractivity contribution >= 4 is 23.1 Å². The average Bonchev–Trinajstić information content (AvgIpc) is 2.73. The molecule has 2 atom stereocenters. The molecular formula is C26H34ClFN2O2. The number of carbonyl (C=O) groups excluding carboxylic acids is 1. The minimum Gasteiger partial charge on any atom is -0.501 e. The minimum absolute atomic E-state index is 0.0846. The number of allylic oxidation sites excluding steroid dienone is 4. The van der Waals surface area contributed by atoms with Gasteiger partial charge in [0.05, 0.1) is 18.8 Å². The molecule has 174 valence electrons. The summed E-state index contributed by atoms with van der Waals surface area (Å²) < 4.78 is 19.1. The lowest BCUT2D eigenvalue weighted by atomic mass is 9.96. The summed E-state index contributed by atoms with van der Waals surface area (Å²) in [7, 11) is 1.56. The van der Waals surface area contributed by atoms with Crippen LogP contribution in [0, 0.1) is 12.8 Å². The number of carbonyl (C=O) groups is 1. The Morgan fingerprint density at radius 2 is 2.19 bits per heavy atom. The molecule has 2 unspecified atom stereocenters. The highest BCUT2D eigenvalue weighted by molar-refractivity contribution is 6.30. The zero-order valence-corrected chi connectivity index (χ0v) is 20.1. The van der Waals surface area contributed by atoms with Crippen LogP contribution < -0.4 is 11.1 Å². The number of nitrogens with one attached hydrogen (secondary N) is 1. The molecule has 0 heterocycles. The third kappa shape index (κ3) is 7.95. The monoisotopic (exact) mass is 460 g/mol. The summed E-state index contributed by atoms with van der Waals surface area (Å²) in [6.07, 6.45) is 9.47. The van der Waals surface area contributed by atoms with Crippen LogP contribution >= 0.6 is 11.6 Å². The predicted octanol–water partition coefficient (Wildman–Crippen LogP) is 6.02. The van der Waals surface area contributed by atoms with E-state index >= 15 is 0 Å². The van der Waals surface area contributed by atoms with Crippen LogP contribution in [0.2, 0.25) is 5.02 Å². The summed E-state index contributed by atoms with van der Waals surface area (Å²) in [4.78, 5) is 12.6. The largest absolute Gasteiger partial charge is 0.501 e. The maximum absolute atomic E-state index is 13.6. The second-order valence-electron chi connectivity index (χ2n) is 8.16. The van der Waals surface area contributed by atoms with Crippen molar-refractivity contribution in [3.63, 3.8) is 0 Å². The van der Waals surface area contributed by atoms with E-state index in [0.717, 1.165) is 23.1 Å². The molecule has 0 fully saturated rings. The van der Waals surface area contributed by atoms with E-state index in [1.54, 1.807) is 13.2 Å². The van der Waals surface area contributed by atoms with E-state index in [9.17, 15) is 9.18 Å². The molecule has 32 heavy (non-hydrogen) atoms. The molecule has 4 nitrogen and oxygen atoms in total. The number of ether oxygens (including phenoxy) is 1. The first-order valence-electron chi connectivity index (χ1n) is 11.0. The van der Waals surface area contributed by atoms with Crippen LogP contribution in [0.3, 0.4) is 0 Å². The van der Waals surface area contributed by atoms with Crippen LogP contribution in [0.5, 0.6) is 0 Å². The fourth-order valence-electron chi connectivity index (χ4n) is 3.78. The maximum Gasteiger partial charge on any atom is 0.226 e. The molecule has 1 aliphatic carbocycles. The van der Waals surface area contributed by atoms with E-state index in [0.29, 0.717) is 36.6 Å². The fourth-order valence-corrected chi connectivity index (χ4v) is 3.96. The molecule has 0 spiro atoms. The van der Waals surface area contributed by atoms with Gasteiger partial charge in [-0.3, -0.25) is 4.79 Å². The van der Waals surface area contributed by atoms with E-state index in [1.165, 1.54) is 17.7 Å². The van der Waals surface area contributed by atoms with E-state index in [4.69, 9.17) is 22.1 Å². The van der Waals surface area contributed by atoms with Gasteiger partial charge in [0.1, 0.15) is 5.83 Å². The molecule has 6 heteroatoms. The number of aryl methyl sites for hydroxylation is 1. The van der Waals surface area contributed by atoms with E-state index < -0.39 is 0 Å². The molecule has 1 aromatic carbocycles. The summed E-state index contributed by atoms with van der Waals surface area (Å²) in [5.74, 6) is -0.166. The van der Waals surface area contributed by atoms with Crippen LogP contribution in [-0.4, -0.2) is 25.6 Å². The van der Waals surface area contributed by atoms with Crippen LogP contribution in [0.4, 0.5) is 4.39 Å². The molecule has 0 bridgehead atoms. The summed E-state index contributed by atoms with van der Waals surface area (Å²) in [6.45, 7) is 6.49. The number of amides is 1. The highest BCUT2D eigenvalue weighted by Crippen LogP contribution is 2.26. The first-order valence-corrected chi connectivity index (χ1v) is 11.4. The number of hydrogen-bond donors (Lipinski definition) is 2. The Morgan fingerprint density at radius 1 is 1.44 bits per heavy atom. The Kier molecular flexibility index (Phi) is 10.2. The number of rotatable bonds is 10. The Morgan fingerprint density at radius 3 is 2.84 bits per heavy atom. The van der Waals surface area contributed by atoms with Crippen molar-refractivity contribution in [1.82, 2.24) is 5.32 Å². The van der Waals surface area contributed by atoms with Crippen molar-refractivity contribution in [3.05, 3.63) is 75.8 Å². The molecule has 0 aromatic heterocycles. The van der Waals surface area contributed by atoms with Gasteiger partial charge in [0.15, 0.2) is 0 Å². The first-order chi connectivity index (χ1) is 15.2. The lowest BCUT2D eigenvalue weighted by Gasteiger charge is -2.18. The Bertz CT molecular complexity index is 934. The topological polar surface area (TPSA) is 64.4 Å². The zero-order chi connectivity index (χ0) is 23.7. The number of hydrogen-bond acceptors (Lipinski definition) is 3. The first kappa shape index (κ1) is 25.9. The Balaban J connectivity index is 1.96. The van der Waals surface area contributed by atoms with Gasteiger partial charge in [-0.2, -0.15) is 0 Å². The van der Waals surface area contributed by atoms with Crippen molar-refractivity contribution in [3.8, 4) is 0 Å². The number of methoxy groups -OCH3 is 1. The summed E-state index contributed by atoms with van der Waals surface area (Å²) in [5, 5.41) is 3.71. The third-order valence-corrected chi connectivity index (χ3v) is 5.65. The third-order valence-electron chi connectivity index (χ3n) is 5.42. The molecule has 1 aromatic rings. The Hall–Kier alpha value is -2.37. The smallest absolute Gasteiger partial charge is 0.226 e. The molecular weight excluding hydrogens is 427 g/mol. The second-order valence-corrected chi connectivity index (χ2v) is 8.60. The lowest BCUT2D eigenvalue weighted by Crippen LogP contribution is -2.29. The number of nitrogens with two attached hydrogens (primary N) is 1. The van der Waals surface area contributed by atoms with E-state index in [1.807, 2.05) is 25.1 Å². The van der Waals surface area contributed by atoms with Crippen molar-refractivity contribution < 1.29 is 13.9 Å². The summed E-state index contributed by atoms with van der Waals surface area (Å²) in [5.41, 5.74) is 10.1. The normalized spacial score (nSPS) is 18.0. The van der Waals surface area contributed by atoms with Crippen molar-refractivity contribution in [1.29, 1.82) is 0 Å². The van der Waals surface area contributed by atoms with Crippen molar-refractivity contribution in [2.45, 2.75) is 52.5 Å². The zero-order valence-electron chi connectivity index (χ0n) is 19.4. The van der Waals surface area contributed by atoms with Crippen molar-refractivity contribution in [2.24, 2.45) is 11.7 Å². The van der Waals surface area contributed by atoms with Gasteiger partial charge in [-0.1, -0.05) is 36.2 Å². The van der Waals surface area contributed by atoms with E-state index in [2.05, 4.69) is 25.2 Å². The minimum atomic E-state index is -0.380.